The third kappa shape index (κ3) is 4.93. The first-order valence-corrected chi connectivity index (χ1v) is 10.2. The molecule has 0 radical (unpaired) electrons. The van der Waals surface area contributed by atoms with Crippen molar-refractivity contribution in [2.75, 3.05) is 13.1 Å². The molecule has 0 unspecified atom stereocenters. The Morgan fingerprint density at radius 3 is 2.78 bits per heavy atom. The molecule has 1 aliphatic heterocycles. The van der Waals surface area contributed by atoms with Crippen molar-refractivity contribution in [3.05, 3.63) is 11.8 Å². The Balaban J connectivity index is 1.67. The third-order valence-electron chi connectivity index (χ3n) is 4.68. The van der Waals surface area contributed by atoms with Gasteiger partial charge in [0.1, 0.15) is 6.04 Å². The molecule has 0 bridgehead atoms. The Morgan fingerprint density at radius 2 is 2.15 bits per heavy atom. The van der Waals surface area contributed by atoms with Gasteiger partial charge in [0.2, 0.25) is 11.8 Å². The summed E-state index contributed by atoms with van der Waals surface area (Å²) in [6, 6.07) is -0.619. The van der Waals surface area contributed by atoms with Gasteiger partial charge in [-0.15, -0.1) is 14.5 Å². The quantitative estimate of drug-likeness (QED) is 0.525. The number of hydrogen-bond donors (Lipinski definition) is 3. The van der Waals surface area contributed by atoms with E-state index < -0.39 is 22.5 Å². The van der Waals surface area contributed by atoms with E-state index in [-0.39, 0.29) is 25.0 Å². The topological polar surface area (TPSA) is 164 Å². The number of nitrogens with two attached hydrogens (primary N) is 1. The van der Waals surface area contributed by atoms with E-state index in [9.17, 15) is 13.2 Å². The van der Waals surface area contributed by atoms with Crippen LogP contribution in [0.2, 0.25) is 0 Å². The molecule has 2 fully saturated rings. The summed E-state index contributed by atoms with van der Waals surface area (Å²) >= 11 is 0. The molecule has 1 saturated carbocycles. The molecule has 1 saturated heterocycles. The van der Waals surface area contributed by atoms with Gasteiger partial charge in [-0.2, -0.15) is 13.5 Å². The van der Waals surface area contributed by atoms with Gasteiger partial charge in [-0.1, -0.05) is 0 Å². The Morgan fingerprint density at radius 1 is 1.41 bits per heavy atom. The summed E-state index contributed by atoms with van der Waals surface area (Å²) < 4.78 is 40.8. The van der Waals surface area contributed by atoms with Crippen LogP contribution in [0, 0.1) is 0 Å². The molecule has 13 heteroatoms. The molecule has 4 N–H and O–H groups in total. The number of carbonyl (C=O) groups excluding carboxylic acids is 1. The van der Waals surface area contributed by atoms with Crippen molar-refractivity contribution in [1.82, 2.24) is 25.5 Å². The molecule has 3 rings (SSSR count). The number of urea groups is 1. The lowest BCUT2D eigenvalue weighted by Crippen LogP contribution is -2.48. The molecule has 2 amide bonds. The molecule has 0 aromatic carbocycles. The predicted molar refractivity (Wildman–Crippen MR) is 91.2 cm³/mol. The highest BCUT2D eigenvalue weighted by Crippen LogP contribution is 2.29. The van der Waals surface area contributed by atoms with Gasteiger partial charge < -0.3 is 20.4 Å². The summed E-state index contributed by atoms with van der Waals surface area (Å²) in [4.78, 5) is 13.9. The Kier molecular flexibility index (Phi) is 5.95. The van der Waals surface area contributed by atoms with E-state index in [2.05, 4.69) is 19.8 Å². The lowest BCUT2D eigenvalue weighted by atomic mass is 9.88. The van der Waals surface area contributed by atoms with Crippen LogP contribution in [0.25, 0.3) is 0 Å². The maximum absolute atomic E-state index is 12.6. The Hall–Kier alpha value is -1.80. The van der Waals surface area contributed by atoms with Crippen molar-refractivity contribution in [2.24, 2.45) is 5.73 Å². The minimum atomic E-state index is -4.79. The van der Waals surface area contributed by atoms with Crippen LogP contribution in [0.15, 0.2) is 4.42 Å². The smallest absolute Gasteiger partial charge is 0.418 e. The van der Waals surface area contributed by atoms with E-state index in [0.717, 1.165) is 12.8 Å². The zero-order valence-corrected chi connectivity index (χ0v) is 15.8. The SMILES string of the molecule is CCN1C(=O)N(OS(=O)(=O)O)CCC[C@H]1c1nnc(CN[C@H]2C[C@@H](N)C2)o1. The number of aromatic nitrogens is 2. The van der Waals surface area contributed by atoms with E-state index >= 15 is 0 Å². The van der Waals surface area contributed by atoms with Crippen LogP contribution in [0.4, 0.5) is 4.79 Å². The standard InChI is InChI=1S/C14H24N6O6S/c1-2-19-11(4-3-5-20(14(19)21)26-27(22,23)24)13-18-17-12(25-13)8-16-10-6-9(15)7-10/h9-11,16H,2-8,15H2,1H3,(H,22,23,24)/t9-,10+,11-/m0/s1. The molecule has 12 nitrogen and oxygen atoms in total. The second-order valence-electron chi connectivity index (χ2n) is 6.67. The van der Waals surface area contributed by atoms with Crippen molar-refractivity contribution in [3.8, 4) is 0 Å². The highest BCUT2D eigenvalue weighted by Gasteiger charge is 2.36. The number of nitrogens with zero attached hydrogens (tertiary/aromatic N) is 4. The summed E-state index contributed by atoms with van der Waals surface area (Å²) in [5.41, 5.74) is 5.75. The van der Waals surface area contributed by atoms with Gasteiger partial charge in [0.05, 0.1) is 13.1 Å². The van der Waals surface area contributed by atoms with E-state index in [1.54, 1.807) is 6.92 Å². The fourth-order valence-corrected chi connectivity index (χ4v) is 3.65. The maximum Gasteiger partial charge on any atom is 0.418 e. The van der Waals surface area contributed by atoms with Gasteiger partial charge in [-0.3, -0.25) is 4.55 Å². The van der Waals surface area contributed by atoms with Gasteiger partial charge in [-0.25, -0.2) is 4.79 Å². The number of hydroxylamine groups is 2. The number of rotatable bonds is 7. The molecule has 0 spiro atoms. The first kappa shape index (κ1) is 19.9. The van der Waals surface area contributed by atoms with Crippen LogP contribution >= 0.6 is 0 Å². The first-order valence-electron chi connectivity index (χ1n) is 8.83. The molecule has 27 heavy (non-hydrogen) atoms. The fraction of sp³-hybridized carbons (Fsp3) is 0.786. The summed E-state index contributed by atoms with van der Waals surface area (Å²) in [5, 5.41) is 12.0. The van der Waals surface area contributed by atoms with Crippen LogP contribution in [0.1, 0.15) is 50.4 Å². The second-order valence-corrected chi connectivity index (χ2v) is 7.68. The van der Waals surface area contributed by atoms with E-state index in [1.165, 1.54) is 4.90 Å². The average molecular weight is 404 g/mol. The summed E-state index contributed by atoms with van der Waals surface area (Å²) in [6.45, 7) is 2.43. The van der Waals surface area contributed by atoms with Gasteiger partial charge in [0, 0.05) is 18.6 Å². The van der Waals surface area contributed by atoms with Crippen LogP contribution in [-0.4, -0.2) is 64.3 Å². The van der Waals surface area contributed by atoms with E-state index in [0.29, 0.717) is 36.4 Å². The highest BCUT2D eigenvalue weighted by molar-refractivity contribution is 7.80. The highest BCUT2D eigenvalue weighted by atomic mass is 32.3. The fourth-order valence-electron chi connectivity index (χ4n) is 3.28. The molecule has 1 aromatic heterocycles. The predicted octanol–water partition coefficient (Wildman–Crippen LogP) is -0.0379. The van der Waals surface area contributed by atoms with Crippen LogP contribution in [0.5, 0.6) is 0 Å². The lowest BCUT2D eigenvalue weighted by molar-refractivity contribution is -0.0278. The van der Waals surface area contributed by atoms with Gasteiger partial charge >= 0.3 is 16.4 Å². The molecule has 1 aliphatic carbocycles. The van der Waals surface area contributed by atoms with Gasteiger partial charge in [0.15, 0.2) is 0 Å². The van der Waals surface area contributed by atoms with E-state index in [4.69, 9.17) is 14.7 Å². The van der Waals surface area contributed by atoms with Crippen LogP contribution in [-0.2, 0) is 21.2 Å². The zero-order chi connectivity index (χ0) is 19.6. The summed E-state index contributed by atoms with van der Waals surface area (Å²) in [6.07, 6.45) is 2.73. The molecular weight excluding hydrogens is 380 g/mol. The average Bonchev–Trinajstić information content (AvgIpc) is 2.97. The third-order valence-corrected chi connectivity index (χ3v) is 5.05. The number of amides is 2. The van der Waals surface area contributed by atoms with Crippen LogP contribution in [0.3, 0.4) is 0 Å². The lowest BCUT2D eigenvalue weighted by Gasteiger charge is -2.32. The maximum atomic E-state index is 12.6. The molecule has 2 aliphatic rings. The minimum Gasteiger partial charge on any atom is -0.422 e. The Labute approximate surface area is 156 Å². The Bertz CT molecular complexity index is 764. The van der Waals surface area contributed by atoms with Crippen molar-refractivity contribution < 1.29 is 26.5 Å². The van der Waals surface area contributed by atoms with Crippen molar-refractivity contribution in [3.63, 3.8) is 0 Å². The van der Waals surface area contributed by atoms with Crippen molar-refractivity contribution >= 4 is 16.4 Å². The monoisotopic (exact) mass is 404 g/mol. The number of carbonyl (C=O) groups is 1. The van der Waals surface area contributed by atoms with Gasteiger partial charge in [-0.05, 0) is 32.6 Å². The van der Waals surface area contributed by atoms with Gasteiger partial charge in [0.25, 0.3) is 0 Å². The molecule has 1 atom stereocenters. The van der Waals surface area contributed by atoms with E-state index in [1.807, 2.05) is 0 Å². The summed E-state index contributed by atoms with van der Waals surface area (Å²) in [5.74, 6) is 0.685. The molecule has 1 aromatic rings. The van der Waals surface area contributed by atoms with Crippen molar-refractivity contribution in [2.45, 2.75) is 57.3 Å². The minimum absolute atomic E-state index is 0.0100. The molecular formula is C14H24N6O6S. The zero-order valence-electron chi connectivity index (χ0n) is 14.9. The summed E-state index contributed by atoms with van der Waals surface area (Å²) in [7, 11) is -4.79. The van der Waals surface area contributed by atoms with Crippen LogP contribution < -0.4 is 11.1 Å². The number of nitrogens with one attached hydrogen (secondary N) is 1. The normalized spacial score (nSPS) is 26.8. The largest absolute Gasteiger partial charge is 0.422 e. The molecule has 152 valence electrons. The molecule has 2 heterocycles. The second kappa shape index (κ2) is 8.06. The number of hydrogen-bond acceptors (Lipinski definition) is 9. The van der Waals surface area contributed by atoms with Crippen molar-refractivity contribution in [1.29, 1.82) is 0 Å². The first-order chi connectivity index (χ1) is 12.8.